The standard InChI is InChI=1S/C15H28O11/c1-5(18)2-6-9(19)12(22)14(8(4-17)24-6)26-15-13(23)11(21)10(20)7(3-16)25-15/h5-23H,2-4H2,1H3/t5?,6-,7+,8+,9-,10-,11-,12+,13+,14+,15-/m0/s1. The van der Waals surface area contributed by atoms with E-state index in [2.05, 4.69) is 0 Å². The van der Waals surface area contributed by atoms with Gasteiger partial charge in [0.1, 0.15) is 48.8 Å². The smallest absolute Gasteiger partial charge is 0.187 e. The van der Waals surface area contributed by atoms with Gasteiger partial charge < -0.3 is 55.1 Å². The highest BCUT2D eigenvalue weighted by molar-refractivity contribution is 4.95. The van der Waals surface area contributed by atoms with Crippen molar-refractivity contribution in [3.8, 4) is 0 Å². The molecular weight excluding hydrogens is 356 g/mol. The molecule has 1 unspecified atom stereocenters. The number of rotatable bonds is 6. The summed E-state index contributed by atoms with van der Waals surface area (Å²) in [6.45, 7) is 0.228. The minimum Gasteiger partial charge on any atom is -0.394 e. The van der Waals surface area contributed by atoms with Crippen LogP contribution in [0.15, 0.2) is 0 Å². The molecule has 0 amide bonds. The molecule has 0 aromatic carbocycles. The van der Waals surface area contributed by atoms with Crippen LogP contribution >= 0.6 is 0 Å². The van der Waals surface area contributed by atoms with Crippen LogP contribution in [0.3, 0.4) is 0 Å². The van der Waals surface area contributed by atoms with E-state index < -0.39 is 80.5 Å². The van der Waals surface area contributed by atoms with Crippen molar-refractivity contribution in [2.24, 2.45) is 0 Å². The van der Waals surface area contributed by atoms with E-state index >= 15 is 0 Å². The van der Waals surface area contributed by atoms with Gasteiger partial charge in [-0.2, -0.15) is 0 Å². The van der Waals surface area contributed by atoms with Crippen LogP contribution < -0.4 is 0 Å². The van der Waals surface area contributed by atoms with Gasteiger partial charge >= 0.3 is 0 Å². The first-order valence-electron chi connectivity index (χ1n) is 8.47. The summed E-state index contributed by atoms with van der Waals surface area (Å²) in [4.78, 5) is 0. The van der Waals surface area contributed by atoms with Crippen LogP contribution in [-0.2, 0) is 14.2 Å². The fourth-order valence-electron chi connectivity index (χ4n) is 3.20. The summed E-state index contributed by atoms with van der Waals surface area (Å²) in [7, 11) is 0. The SMILES string of the molecule is CC(O)C[C@@H]1O[C@H](CO)[C@@H](O[C@@H]2O[C@H](CO)[C@H](O)[C@H](O)[C@H]2O)[C@H](O)[C@H]1O. The predicted octanol–water partition coefficient (Wildman–Crippen LogP) is -4.58. The van der Waals surface area contributed by atoms with Gasteiger partial charge in [-0.1, -0.05) is 0 Å². The highest BCUT2D eigenvalue weighted by atomic mass is 16.7. The largest absolute Gasteiger partial charge is 0.394 e. The third-order valence-electron chi connectivity index (χ3n) is 4.68. The molecule has 0 saturated carbocycles. The Morgan fingerprint density at radius 2 is 1.35 bits per heavy atom. The molecule has 0 aromatic rings. The van der Waals surface area contributed by atoms with Crippen molar-refractivity contribution < 1.29 is 55.1 Å². The molecule has 2 rings (SSSR count). The molecule has 0 spiro atoms. The summed E-state index contributed by atoms with van der Waals surface area (Å²) in [6.07, 6.45) is -14.9. The zero-order valence-electron chi connectivity index (χ0n) is 14.3. The lowest BCUT2D eigenvalue weighted by molar-refractivity contribution is -0.342. The quantitative estimate of drug-likeness (QED) is 0.220. The summed E-state index contributed by atoms with van der Waals surface area (Å²) in [6, 6.07) is 0. The van der Waals surface area contributed by atoms with E-state index in [4.69, 9.17) is 14.2 Å². The van der Waals surface area contributed by atoms with E-state index in [9.17, 15) is 40.9 Å². The summed E-state index contributed by atoms with van der Waals surface area (Å²) in [5.74, 6) is 0. The molecule has 0 bridgehead atoms. The van der Waals surface area contributed by atoms with Crippen molar-refractivity contribution in [3.05, 3.63) is 0 Å². The van der Waals surface area contributed by atoms with E-state index in [1.165, 1.54) is 6.92 Å². The van der Waals surface area contributed by atoms with Crippen LogP contribution in [0.1, 0.15) is 13.3 Å². The van der Waals surface area contributed by atoms with Gasteiger partial charge in [-0.15, -0.1) is 0 Å². The van der Waals surface area contributed by atoms with Crippen molar-refractivity contribution in [3.63, 3.8) is 0 Å². The van der Waals surface area contributed by atoms with Gasteiger partial charge in [0.05, 0.1) is 25.4 Å². The van der Waals surface area contributed by atoms with E-state index in [0.717, 1.165) is 0 Å². The maximum atomic E-state index is 10.3. The number of hydrogen-bond acceptors (Lipinski definition) is 11. The minimum absolute atomic E-state index is 0.0154. The van der Waals surface area contributed by atoms with Crippen molar-refractivity contribution in [2.45, 2.75) is 80.7 Å². The van der Waals surface area contributed by atoms with Gasteiger partial charge in [0.25, 0.3) is 0 Å². The van der Waals surface area contributed by atoms with Crippen molar-refractivity contribution in [1.29, 1.82) is 0 Å². The third-order valence-corrected chi connectivity index (χ3v) is 4.68. The van der Waals surface area contributed by atoms with Crippen molar-refractivity contribution in [2.75, 3.05) is 13.2 Å². The fraction of sp³-hybridized carbons (Fsp3) is 1.00. The van der Waals surface area contributed by atoms with Gasteiger partial charge in [0, 0.05) is 6.42 Å². The van der Waals surface area contributed by atoms with Gasteiger partial charge in [-0.05, 0) is 6.92 Å². The predicted molar refractivity (Wildman–Crippen MR) is 82.7 cm³/mol. The topological polar surface area (TPSA) is 190 Å². The molecule has 8 N–H and O–H groups in total. The monoisotopic (exact) mass is 384 g/mol. The Morgan fingerprint density at radius 1 is 0.769 bits per heavy atom. The van der Waals surface area contributed by atoms with Crippen LogP contribution in [0.4, 0.5) is 0 Å². The first-order valence-corrected chi connectivity index (χ1v) is 8.47. The van der Waals surface area contributed by atoms with Crippen LogP contribution in [0.2, 0.25) is 0 Å². The molecule has 11 heteroatoms. The second-order valence-electron chi connectivity index (χ2n) is 6.76. The summed E-state index contributed by atoms with van der Waals surface area (Å²) >= 11 is 0. The van der Waals surface area contributed by atoms with Gasteiger partial charge in [-0.3, -0.25) is 0 Å². The number of ether oxygens (including phenoxy) is 3. The van der Waals surface area contributed by atoms with E-state index in [1.807, 2.05) is 0 Å². The lowest BCUT2D eigenvalue weighted by Gasteiger charge is -2.46. The second kappa shape index (κ2) is 9.17. The molecule has 154 valence electrons. The summed E-state index contributed by atoms with van der Waals surface area (Å²) in [5.41, 5.74) is 0. The molecule has 26 heavy (non-hydrogen) atoms. The minimum atomic E-state index is -1.70. The highest BCUT2D eigenvalue weighted by Crippen LogP contribution is 2.30. The van der Waals surface area contributed by atoms with Crippen LogP contribution in [0.25, 0.3) is 0 Å². The Morgan fingerprint density at radius 3 is 1.88 bits per heavy atom. The Bertz CT molecular complexity index is 432. The molecule has 2 heterocycles. The Kier molecular flexibility index (Phi) is 7.71. The van der Waals surface area contributed by atoms with Crippen LogP contribution in [0.5, 0.6) is 0 Å². The Balaban J connectivity index is 2.11. The molecule has 2 fully saturated rings. The summed E-state index contributed by atoms with van der Waals surface area (Å²) in [5, 5.41) is 78.2. The molecule has 0 aliphatic carbocycles. The fourth-order valence-corrected chi connectivity index (χ4v) is 3.20. The molecule has 2 saturated heterocycles. The van der Waals surface area contributed by atoms with Crippen LogP contribution in [-0.4, -0.2) is 121 Å². The molecule has 11 nitrogen and oxygen atoms in total. The Hall–Kier alpha value is -0.440. The number of hydrogen-bond donors (Lipinski definition) is 8. The number of aliphatic hydroxyl groups excluding tert-OH is 8. The summed E-state index contributed by atoms with van der Waals surface area (Å²) < 4.78 is 16.1. The second-order valence-corrected chi connectivity index (χ2v) is 6.76. The average Bonchev–Trinajstić information content (AvgIpc) is 2.60. The zero-order valence-corrected chi connectivity index (χ0v) is 14.3. The average molecular weight is 384 g/mol. The number of aliphatic hydroxyl groups is 8. The molecular formula is C15H28O11. The lowest BCUT2D eigenvalue weighted by Crippen LogP contribution is -2.64. The van der Waals surface area contributed by atoms with Crippen molar-refractivity contribution in [1.82, 2.24) is 0 Å². The molecule has 0 aromatic heterocycles. The maximum Gasteiger partial charge on any atom is 0.187 e. The highest BCUT2D eigenvalue weighted by Gasteiger charge is 2.50. The molecule has 0 radical (unpaired) electrons. The van der Waals surface area contributed by atoms with Gasteiger partial charge in [0.2, 0.25) is 0 Å². The Labute approximate surface area is 150 Å². The first kappa shape index (κ1) is 21.9. The van der Waals surface area contributed by atoms with Crippen molar-refractivity contribution >= 4 is 0 Å². The van der Waals surface area contributed by atoms with Gasteiger partial charge in [-0.25, -0.2) is 0 Å². The molecule has 2 aliphatic heterocycles. The lowest BCUT2D eigenvalue weighted by atomic mass is 9.92. The van der Waals surface area contributed by atoms with E-state index in [0.29, 0.717) is 0 Å². The molecule has 11 atom stereocenters. The van der Waals surface area contributed by atoms with Gasteiger partial charge in [0.15, 0.2) is 6.29 Å². The third kappa shape index (κ3) is 4.51. The normalized spacial score (nSPS) is 48.3. The zero-order chi connectivity index (χ0) is 19.6. The van der Waals surface area contributed by atoms with Crippen LogP contribution in [0, 0.1) is 0 Å². The van der Waals surface area contributed by atoms with E-state index in [-0.39, 0.29) is 6.42 Å². The maximum absolute atomic E-state index is 10.3. The first-order chi connectivity index (χ1) is 12.2. The molecule has 2 aliphatic rings. The van der Waals surface area contributed by atoms with E-state index in [1.54, 1.807) is 0 Å².